The molecule has 4 aliphatic rings. The molecule has 0 spiro atoms. The van der Waals surface area contributed by atoms with Crippen molar-refractivity contribution in [3.05, 3.63) is 0 Å². The van der Waals surface area contributed by atoms with E-state index in [0.29, 0.717) is 39.3 Å². The second-order valence-corrected chi connectivity index (χ2v) is 9.74. The highest BCUT2D eigenvalue weighted by Crippen LogP contribution is 2.43. The molecule has 29 heavy (non-hydrogen) atoms. The van der Waals surface area contributed by atoms with Gasteiger partial charge in [0.05, 0.1) is 31.5 Å². The molecule has 0 bridgehead atoms. The molecule has 0 aromatic rings. The molecule has 3 unspecified atom stereocenters. The molecule has 4 rings (SSSR count). The van der Waals surface area contributed by atoms with Gasteiger partial charge in [-0.1, -0.05) is 6.92 Å². The fourth-order valence-electron chi connectivity index (χ4n) is 5.57. The van der Waals surface area contributed by atoms with Crippen LogP contribution >= 0.6 is 0 Å². The SMILES string of the molecule is CC1(CNC2NCNC(N3CCC[C@@H]3C3CCC(C(F)(F)F)CC3)C2F)COC1. The van der Waals surface area contributed by atoms with E-state index >= 15 is 4.39 Å². The largest absolute Gasteiger partial charge is 0.391 e. The topological polar surface area (TPSA) is 48.6 Å². The number of hydrogen-bond acceptors (Lipinski definition) is 5. The van der Waals surface area contributed by atoms with Crippen molar-refractivity contribution in [3.8, 4) is 0 Å². The summed E-state index contributed by atoms with van der Waals surface area (Å²) in [4.78, 5) is 2.20. The van der Waals surface area contributed by atoms with Crippen LogP contribution in [0, 0.1) is 17.3 Å². The summed E-state index contributed by atoms with van der Waals surface area (Å²) in [6.07, 6.45) is -2.50. The highest BCUT2D eigenvalue weighted by atomic mass is 19.4. The fourth-order valence-corrected chi connectivity index (χ4v) is 5.57. The van der Waals surface area contributed by atoms with Gasteiger partial charge in [0, 0.05) is 31.2 Å². The molecule has 3 aliphatic heterocycles. The van der Waals surface area contributed by atoms with Gasteiger partial charge in [0.15, 0.2) is 6.17 Å². The second kappa shape index (κ2) is 8.57. The van der Waals surface area contributed by atoms with Crippen LogP contribution in [0.2, 0.25) is 0 Å². The number of alkyl halides is 4. The Bertz CT molecular complexity index is 551. The maximum Gasteiger partial charge on any atom is 0.391 e. The number of rotatable bonds is 5. The molecule has 4 fully saturated rings. The molecule has 1 saturated carbocycles. The fraction of sp³-hybridized carbons (Fsp3) is 1.00. The van der Waals surface area contributed by atoms with Crippen LogP contribution in [0.1, 0.15) is 45.4 Å². The lowest BCUT2D eigenvalue weighted by molar-refractivity contribution is -0.185. The number of ether oxygens (including phenoxy) is 1. The van der Waals surface area contributed by atoms with Gasteiger partial charge in [0.1, 0.15) is 0 Å². The molecule has 168 valence electrons. The number of halogens is 4. The van der Waals surface area contributed by atoms with Crippen LogP contribution < -0.4 is 16.0 Å². The first-order valence-corrected chi connectivity index (χ1v) is 11.0. The van der Waals surface area contributed by atoms with E-state index in [-0.39, 0.29) is 30.2 Å². The predicted octanol–water partition coefficient (Wildman–Crippen LogP) is 2.59. The molecule has 0 aromatic carbocycles. The van der Waals surface area contributed by atoms with Gasteiger partial charge in [-0.2, -0.15) is 13.2 Å². The van der Waals surface area contributed by atoms with Crippen LogP contribution in [0.3, 0.4) is 0 Å². The van der Waals surface area contributed by atoms with Crippen molar-refractivity contribution in [2.45, 2.75) is 76.2 Å². The van der Waals surface area contributed by atoms with Gasteiger partial charge in [-0.3, -0.25) is 20.9 Å². The van der Waals surface area contributed by atoms with Crippen molar-refractivity contribution < 1.29 is 22.3 Å². The predicted molar refractivity (Wildman–Crippen MR) is 102 cm³/mol. The zero-order chi connectivity index (χ0) is 20.6. The van der Waals surface area contributed by atoms with Gasteiger partial charge >= 0.3 is 6.18 Å². The van der Waals surface area contributed by atoms with Crippen LogP contribution in [0.15, 0.2) is 0 Å². The van der Waals surface area contributed by atoms with E-state index in [1.807, 2.05) is 0 Å². The summed E-state index contributed by atoms with van der Waals surface area (Å²) >= 11 is 0. The number of nitrogens with one attached hydrogen (secondary N) is 3. The second-order valence-electron chi connectivity index (χ2n) is 9.74. The third kappa shape index (κ3) is 4.74. The smallest absolute Gasteiger partial charge is 0.380 e. The molecule has 1 aliphatic carbocycles. The third-order valence-electron chi connectivity index (χ3n) is 7.38. The lowest BCUT2D eigenvalue weighted by Crippen LogP contribution is -2.70. The van der Waals surface area contributed by atoms with Crippen LogP contribution in [0.4, 0.5) is 17.6 Å². The van der Waals surface area contributed by atoms with Gasteiger partial charge in [0.2, 0.25) is 0 Å². The van der Waals surface area contributed by atoms with Crippen LogP contribution in [0.5, 0.6) is 0 Å². The number of hydrogen-bond donors (Lipinski definition) is 3. The van der Waals surface area contributed by atoms with Gasteiger partial charge in [0.25, 0.3) is 0 Å². The highest BCUT2D eigenvalue weighted by Gasteiger charge is 2.47. The standard InChI is InChI=1S/C20H34F4N4O/c1-19(10-29-11-19)9-25-17-16(21)18(27-12-26-17)28-8-2-3-15(28)13-4-6-14(7-5-13)20(22,23)24/h13-18,25-27H,2-12H2,1H3/t13?,14?,15-,16?,17?,18?/m1/s1. The van der Waals surface area contributed by atoms with Crippen LogP contribution in [-0.2, 0) is 4.74 Å². The van der Waals surface area contributed by atoms with E-state index in [1.54, 1.807) is 0 Å². The Hall–Kier alpha value is -0.480. The maximum atomic E-state index is 15.4. The Morgan fingerprint density at radius 3 is 2.45 bits per heavy atom. The van der Waals surface area contributed by atoms with Crippen molar-refractivity contribution in [3.63, 3.8) is 0 Å². The summed E-state index contributed by atoms with van der Waals surface area (Å²) in [6.45, 7) is 5.53. The minimum atomic E-state index is -4.08. The summed E-state index contributed by atoms with van der Waals surface area (Å²) in [5.74, 6) is -0.928. The van der Waals surface area contributed by atoms with Crippen molar-refractivity contribution in [2.24, 2.45) is 17.3 Å². The molecule has 0 aromatic heterocycles. The Labute approximate surface area is 170 Å². The zero-order valence-corrected chi connectivity index (χ0v) is 17.1. The van der Waals surface area contributed by atoms with Crippen LogP contribution in [-0.4, -0.2) is 68.6 Å². The Morgan fingerprint density at radius 1 is 1.10 bits per heavy atom. The van der Waals surface area contributed by atoms with Crippen molar-refractivity contribution in [2.75, 3.05) is 33.0 Å². The maximum absolute atomic E-state index is 15.4. The van der Waals surface area contributed by atoms with Crippen molar-refractivity contribution >= 4 is 0 Å². The lowest BCUT2D eigenvalue weighted by Gasteiger charge is -2.46. The Balaban J connectivity index is 1.34. The minimum absolute atomic E-state index is 0.0646. The van der Waals surface area contributed by atoms with Crippen LogP contribution in [0.25, 0.3) is 0 Å². The molecule has 5 nitrogen and oxygen atoms in total. The monoisotopic (exact) mass is 422 g/mol. The summed E-state index contributed by atoms with van der Waals surface area (Å²) in [5.41, 5.74) is 0.0646. The van der Waals surface area contributed by atoms with Gasteiger partial charge in [-0.15, -0.1) is 0 Å². The molecule has 0 amide bonds. The third-order valence-corrected chi connectivity index (χ3v) is 7.38. The first-order valence-electron chi connectivity index (χ1n) is 11.0. The van der Waals surface area contributed by atoms with Crippen molar-refractivity contribution in [1.82, 2.24) is 20.9 Å². The molecule has 4 atom stereocenters. The molecular formula is C20H34F4N4O. The van der Waals surface area contributed by atoms with E-state index < -0.39 is 30.6 Å². The first-order chi connectivity index (χ1) is 13.8. The quantitative estimate of drug-likeness (QED) is 0.595. The molecule has 3 saturated heterocycles. The minimum Gasteiger partial charge on any atom is -0.380 e. The lowest BCUT2D eigenvalue weighted by atomic mass is 9.77. The summed E-state index contributed by atoms with van der Waals surface area (Å²) < 4.78 is 59.7. The Kier molecular flexibility index (Phi) is 6.43. The van der Waals surface area contributed by atoms with Gasteiger partial charge < -0.3 is 4.74 Å². The number of likely N-dealkylation sites (tertiary alicyclic amines) is 1. The molecule has 3 N–H and O–H groups in total. The first kappa shape index (κ1) is 21.7. The molecule has 9 heteroatoms. The van der Waals surface area contributed by atoms with E-state index in [9.17, 15) is 13.2 Å². The molecular weight excluding hydrogens is 388 g/mol. The highest BCUT2D eigenvalue weighted by molar-refractivity contribution is 4.97. The summed E-state index contributed by atoms with van der Waals surface area (Å²) in [7, 11) is 0. The number of nitrogens with zero attached hydrogens (tertiary/aromatic N) is 1. The normalized spacial score (nSPS) is 41.3. The average Bonchev–Trinajstić information content (AvgIpc) is 3.14. The van der Waals surface area contributed by atoms with Gasteiger partial charge in [-0.05, 0) is 44.4 Å². The van der Waals surface area contributed by atoms with E-state index in [4.69, 9.17) is 4.74 Å². The van der Waals surface area contributed by atoms with E-state index in [1.165, 1.54) is 0 Å². The molecule has 0 radical (unpaired) electrons. The zero-order valence-electron chi connectivity index (χ0n) is 17.1. The van der Waals surface area contributed by atoms with Crippen molar-refractivity contribution in [1.29, 1.82) is 0 Å². The molecule has 3 heterocycles. The summed E-state index contributed by atoms with van der Waals surface area (Å²) in [5, 5.41) is 9.76. The summed E-state index contributed by atoms with van der Waals surface area (Å²) in [6, 6.07) is 0.177. The average molecular weight is 423 g/mol. The van der Waals surface area contributed by atoms with Gasteiger partial charge in [-0.25, -0.2) is 4.39 Å². The van der Waals surface area contributed by atoms with E-state index in [2.05, 4.69) is 27.8 Å². The van der Waals surface area contributed by atoms with E-state index in [0.717, 1.165) is 19.4 Å². The Morgan fingerprint density at radius 2 is 1.83 bits per heavy atom.